The van der Waals surface area contributed by atoms with Crippen molar-refractivity contribution in [3.8, 4) is 17.2 Å². The van der Waals surface area contributed by atoms with Crippen LogP contribution in [0.25, 0.3) is 10.9 Å². The van der Waals surface area contributed by atoms with E-state index in [4.69, 9.17) is 14.2 Å². The smallest absolute Gasteiger partial charge is 0.252 e. The third-order valence-electron chi connectivity index (χ3n) is 5.83. The molecule has 0 aliphatic carbocycles. The molecule has 9 heteroatoms. The Kier molecular flexibility index (Phi) is 6.19. The number of hydrogen-bond donors (Lipinski definition) is 1. The summed E-state index contributed by atoms with van der Waals surface area (Å²) in [6.45, 7) is 0.884. The van der Waals surface area contributed by atoms with Crippen molar-refractivity contribution in [1.82, 2.24) is 9.29 Å². The van der Waals surface area contributed by atoms with Gasteiger partial charge in [-0.05, 0) is 42.0 Å². The molecule has 8 nitrogen and oxygen atoms in total. The van der Waals surface area contributed by atoms with E-state index in [-0.39, 0.29) is 23.5 Å². The first-order chi connectivity index (χ1) is 16.9. The molecular formula is C26H24N2O6S. The standard InChI is InChI=1S/C26H24N2O6S/c1-32-21-7-9-22(10-8-21)35(30,31)28(16-18-5-3-2-4-6-18)17-20-13-19-14-24-25(34-12-11-33-24)15-23(19)27-26(20)29/h2-10,13-15H,11-12,16-17H2,1H3,(H,27,29). The van der Waals surface area contributed by atoms with Crippen LogP contribution in [0.15, 0.2) is 82.5 Å². The number of ether oxygens (including phenoxy) is 3. The van der Waals surface area contributed by atoms with Crippen LogP contribution in [-0.4, -0.2) is 38.0 Å². The van der Waals surface area contributed by atoms with Crippen LogP contribution in [0.5, 0.6) is 17.2 Å². The van der Waals surface area contributed by atoms with E-state index in [1.807, 2.05) is 30.3 Å². The highest BCUT2D eigenvalue weighted by Gasteiger charge is 2.26. The Balaban J connectivity index is 1.54. The molecule has 1 aliphatic heterocycles. The number of aromatic amines is 1. The molecule has 180 valence electrons. The lowest BCUT2D eigenvalue weighted by atomic mass is 10.1. The maximum atomic E-state index is 13.6. The Bertz CT molecular complexity index is 1520. The average Bonchev–Trinajstić information content (AvgIpc) is 2.88. The molecule has 0 spiro atoms. The molecule has 0 fully saturated rings. The number of H-pyrrole nitrogens is 1. The number of rotatable bonds is 7. The van der Waals surface area contributed by atoms with Gasteiger partial charge in [0.2, 0.25) is 10.0 Å². The van der Waals surface area contributed by atoms with Crippen molar-refractivity contribution in [3.63, 3.8) is 0 Å². The van der Waals surface area contributed by atoms with Crippen molar-refractivity contribution in [2.24, 2.45) is 0 Å². The SMILES string of the molecule is COc1ccc(S(=O)(=O)N(Cc2ccccc2)Cc2cc3cc4c(cc3[nH]c2=O)OCCO4)cc1. The summed E-state index contributed by atoms with van der Waals surface area (Å²) in [7, 11) is -2.41. The molecule has 0 unspecified atom stereocenters. The minimum absolute atomic E-state index is 0.105. The van der Waals surface area contributed by atoms with Gasteiger partial charge in [-0.1, -0.05) is 30.3 Å². The maximum absolute atomic E-state index is 13.6. The second-order valence-electron chi connectivity index (χ2n) is 8.14. The summed E-state index contributed by atoms with van der Waals surface area (Å²) >= 11 is 0. The van der Waals surface area contributed by atoms with E-state index in [1.165, 1.54) is 23.5 Å². The summed E-state index contributed by atoms with van der Waals surface area (Å²) < 4.78 is 45.0. The second kappa shape index (κ2) is 9.44. The van der Waals surface area contributed by atoms with Gasteiger partial charge in [0.1, 0.15) is 19.0 Å². The predicted molar refractivity (Wildman–Crippen MR) is 131 cm³/mol. The van der Waals surface area contributed by atoms with Crippen LogP contribution in [0.1, 0.15) is 11.1 Å². The molecule has 0 atom stereocenters. The van der Waals surface area contributed by atoms with E-state index in [1.54, 1.807) is 30.3 Å². The van der Waals surface area contributed by atoms with Crippen molar-refractivity contribution >= 4 is 20.9 Å². The van der Waals surface area contributed by atoms with E-state index < -0.39 is 10.0 Å². The van der Waals surface area contributed by atoms with Crippen LogP contribution in [0.2, 0.25) is 0 Å². The first kappa shape index (κ1) is 22.9. The molecule has 0 radical (unpaired) electrons. The lowest BCUT2D eigenvalue weighted by Gasteiger charge is -2.23. The Morgan fingerprint density at radius 3 is 2.29 bits per heavy atom. The number of sulfonamides is 1. The van der Waals surface area contributed by atoms with Crippen molar-refractivity contribution in [3.05, 3.63) is 94.3 Å². The van der Waals surface area contributed by atoms with Crippen LogP contribution in [0, 0.1) is 0 Å². The zero-order valence-electron chi connectivity index (χ0n) is 19.1. The van der Waals surface area contributed by atoms with Gasteiger partial charge in [0.25, 0.3) is 5.56 Å². The fourth-order valence-electron chi connectivity index (χ4n) is 4.01. The van der Waals surface area contributed by atoms with E-state index in [0.717, 1.165) is 10.9 Å². The normalized spacial score (nSPS) is 13.2. The van der Waals surface area contributed by atoms with Gasteiger partial charge in [0.05, 0.1) is 17.5 Å². The molecule has 1 aromatic heterocycles. The zero-order chi connectivity index (χ0) is 24.4. The molecular weight excluding hydrogens is 468 g/mol. The van der Waals surface area contributed by atoms with Crippen LogP contribution in [-0.2, 0) is 23.1 Å². The number of hydrogen-bond acceptors (Lipinski definition) is 6. The predicted octanol–water partition coefficient (Wildman–Crippen LogP) is 3.70. The molecule has 5 rings (SSSR count). The van der Waals surface area contributed by atoms with E-state index >= 15 is 0 Å². The van der Waals surface area contributed by atoms with Gasteiger partial charge in [-0.3, -0.25) is 4.79 Å². The Labute approximate surface area is 202 Å². The molecule has 0 amide bonds. The highest BCUT2D eigenvalue weighted by atomic mass is 32.2. The summed E-state index contributed by atoms with van der Waals surface area (Å²) in [4.78, 5) is 15.9. The third kappa shape index (κ3) is 4.73. The monoisotopic (exact) mass is 492 g/mol. The largest absolute Gasteiger partial charge is 0.497 e. The molecule has 3 aromatic carbocycles. The van der Waals surface area contributed by atoms with Crippen LogP contribution < -0.4 is 19.8 Å². The van der Waals surface area contributed by atoms with Gasteiger partial charge in [-0.2, -0.15) is 4.31 Å². The minimum Gasteiger partial charge on any atom is -0.497 e. The molecule has 0 saturated heterocycles. The van der Waals surface area contributed by atoms with Gasteiger partial charge in [-0.25, -0.2) is 8.42 Å². The van der Waals surface area contributed by atoms with Gasteiger partial charge in [0, 0.05) is 30.1 Å². The molecule has 2 heterocycles. The fourth-order valence-corrected chi connectivity index (χ4v) is 5.41. The Morgan fingerprint density at radius 2 is 1.60 bits per heavy atom. The first-order valence-electron chi connectivity index (χ1n) is 11.1. The molecule has 1 N–H and O–H groups in total. The number of aromatic nitrogens is 1. The van der Waals surface area contributed by atoms with Gasteiger partial charge in [0.15, 0.2) is 11.5 Å². The van der Waals surface area contributed by atoms with Crippen molar-refractivity contribution in [2.45, 2.75) is 18.0 Å². The minimum atomic E-state index is -3.93. The molecule has 0 saturated carbocycles. The number of nitrogens with zero attached hydrogens (tertiary/aromatic N) is 1. The summed E-state index contributed by atoms with van der Waals surface area (Å²) in [5.41, 5.74) is 1.36. The number of nitrogens with one attached hydrogen (secondary N) is 1. The molecule has 1 aliphatic rings. The van der Waals surface area contributed by atoms with E-state index in [9.17, 15) is 13.2 Å². The second-order valence-corrected chi connectivity index (χ2v) is 10.1. The number of benzene rings is 3. The fraction of sp³-hybridized carbons (Fsp3) is 0.192. The topological polar surface area (TPSA) is 97.9 Å². The van der Waals surface area contributed by atoms with Gasteiger partial charge >= 0.3 is 0 Å². The van der Waals surface area contributed by atoms with Gasteiger partial charge < -0.3 is 19.2 Å². The van der Waals surface area contributed by atoms with Crippen molar-refractivity contribution in [2.75, 3.05) is 20.3 Å². The summed E-state index contributed by atoms with van der Waals surface area (Å²) in [5.74, 6) is 1.72. The van der Waals surface area contributed by atoms with Gasteiger partial charge in [-0.15, -0.1) is 0 Å². The lowest BCUT2D eigenvalue weighted by molar-refractivity contribution is 0.172. The maximum Gasteiger partial charge on any atom is 0.252 e. The van der Waals surface area contributed by atoms with Crippen LogP contribution in [0.4, 0.5) is 0 Å². The summed E-state index contributed by atoms with van der Waals surface area (Å²) in [6, 6.07) is 20.7. The molecule has 0 bridgehead atoms. The molecule has 4 aromatic rings. The third-order valence-corrected chi connectivity index (χ3v) is 7.64. The number of pyridine rings is 1. The van der Waals surface area contributed by atoms with E-state index in [2.05, 4.69) is 4.98 Å². The zero-order valence-corrected chi connectivity index (χ0v) is 19.9. The van der Waals surface area contributed by atoms with E-state index in [0.29, 0.717) is 41.5 Å². The quantitative estimate of drug-likeness (QED) is 0.423. The highest BCUT2D eigenvalue weighted by Crippen LogP contribution is 2.34. The summed E-state index contributed by atoms with van der Waals surface area (Å²) in [6.07, 6.45) is 0. The Morgan fingerprint density at radius 1 is 0.914 bits per heavy atom. The first-order valence-corrected chi connectivity index (χ1v) is 12.5. The van der Waals surface area contributed by atoms with Crippen LogP contribution in [0.3, 0.4) is 0 Å². The average molecular weight is 493 g/mol. The summed E-state index contributed by atoms with van der Waals surface area (Å²) in [5, 5.41) is 0.727. The van der Waals surface area contributed by atoms with Crippen molar-refractivity contribution in [1.29, 1.82) is 0 Å². The Hall–Kier alpha value is -3.82. The molecule has 35 heavy (non-hydrogen) atoms. The number of methoxy groups -OCH3 is 1. The number of fused-ring (bicyclic) bond motifs is 2. The van der Waals surface area contributed by atoms with Crippen LogP contribution >= 0.6 is 0 Å². The lowest BCUT2D eigenvalue weighted by Crippen LogP contribution is -2.32. The highest BCUT2D eigenvalue weighted by molar-refractivity contribution is 7.89. The van der Waals surface area contributed by atoms with Crippen molar-refractivity contribution < 1.29 is 22.6 Å².